The molecule has 0 unspecified atom stereocenters. The number of amides is 1. The summed E-state index contributed by atoms with van der Waals surface area (Å²) in [5.74, 6) is -1.11. The highest BCUT2D eigenvalue weighted by Gasteiger charge is 2.42. The van der Waals surface area contributed by atoms with Gasteiger partial charge in [0, 0.05) is 12.1 Å². The number of rotatable bonds is 7. The van der Waals surface area contributed by atoms with E-state index >= 15 is 0 Å². The number of benzene rings is 2. The Morgan fingerprint density at radius 1 is 1.10 bits per heavy atom. The van der Waals surface area contributed by atoms with E-state index in [0.29, 0.717) is 15.6 Å². The summed E-state index contributed by atoms with van der Waals surface area (Å²) < 4.78 is 64.2. The Bertz CT molecular complexity index is 1180. The molecule has 1 atom stereocenters. The number of carbonyl (C=O) groups excluding carboxylic acids is 1. The van der Waals surface area contributed by atoms with E-state index in [1.807, 2.05) is 0 Å². The second kappa shape index (κ2) is 8.25. The maximum Gasteiger partial charge on any atom is 0.244 e. The molecule has 0 aliphatic carbocycles. The third-order valence-corrected chi connectivity index (χ3v) is 7.97. The van der Waals surface area contributed by atoms with E-state index in [2.05, 4.69) is 4.72 Å². The highest BCUT2D eigenvalue weighted by molar-refractivity contribution is 7.94. The van der Waals surface area contributed by atoms with Crippen molar-refractivity contribution >= 4 is 31.6 Å². The van der Waals surface area contributed by atoms with Gasteiger partial charge in [-0.25, -0.2) is 25.9 Å². The van der Waals surface area contributed by atoms with Crippen molar-refractivity contribution in [2.75, 3.05) is 24.3 Å². The summed E-state index contributed by atoms with van der Waals surface area (Å²) >= 11 is 0. The molecule has 1 amide bonds. The van der Waals surface area contributed by atoms with Crippen molar-refractivity contribution in [1.29, 1.82) is 0 Å². The van der Waals surface area contributed by atoms with Crippen LogP contribution in [-0.2, 0) is 31.4 Å². The quantitative estimate of drug-likeness (QED) is 0.673. The van der Waals surface area contributed by atoms with Crippen LogP contribution in [0.4, 0.5) is 5.69 Å². The van der Waals surface area contributed by atoms with E-state index in [1.54, 1.807) is 24.3 Å². The molecule has 0 spiro atoms. The van der Waals surface area contributed by atoms with Crippen LogP contribution < -0.4 is 18.5 Å². The van der Waals surface area contributed by atoms with Gasteiger partial charge in [-0.3, -0.25) is 4.79 Å². The summed E-state index contributed by atoms with van der Waals surface area (Å²) in [6.07, 6.45) is 0. The van der Waals surface area contributed by atoms with E-state index in [0.717, 1.165) is 6.07 Å². The molecule has 9 nitrogen and oxygen atoms in total. The Morgan fingerprint density at radius 3 is 2.37 bits per heavy atom. The molecule has 1 aliphatic heterocycles. The van der Waals surface area contributed by atoms with Crippen LogP contribution >= 0.6 is 0 Å². The monoisotopic (exact) mass is 454 g/mol. The molecule has 0 radical (unpaired) electrons. The van der Waals surface area contributed by atoms with Crippen molar-refractivity contribution in [3.63, 3.8) is 0 Å². The molecule has 1 fully saturated rings. The van der Waals surface area contributed by atoms with Gasteiger partial charge in [0.15, 0.2) is 0 Å². The van der Waals surface area contributed by atoms with E-state index in [9.17, 15) is 21.6 Å². The summed E-state index contributed by atoms with van der Waals surface area (Å²) in [7, 11) is -5.20. The fourth-order valence-electron chi connectivity index (χ4n) is 3.19. The Morgan fingerprint density at radius 2 is 1.77 bits per heavy atom. The molecule has 0 aromatic heterocycles. The Balaban J connectivity index is 1.98. The van der Waals surface area contributed by atoms with Gasteiger partial charge in [0.2, 0.25) is 26.0 Å². The highest BCUT2D eigenvalue weighted by Crippen LogP contribution is 2.34. The number of nitrogens with zero attached hydrogens (tertiary/aromatic N) is 1. The topological polar surface area (TPSA) is 119 Å². The van der Waals surface area contributed by atoms with E-state index in [4.69, 9.17) is 9.47 Å². The first-order valence-electron chi connectivity index (χ1n) is 8.97. The zero-order valence-corrected chi connectivity index (χ0v) is 18.3. The lowest BCUT2D eigenvalue weighted by Crippen LogP contribution is -2.31. The van der Waals surface area contributed by atoms with Gasteiger partial charge < -0.3 is 9.47 Å². The van der Waals surface area contributed by atoms with Crippen LogP contribution in [0, 0.1) is 5.92 Å². The Hall–Kier alpha value is -2.63. The molecule has 1 saturated heterocycles. The van der Waals surface area contributed by atoms with Gasteiger partial charge in [-0.2, -0.15) is 0 Å². The van der Waals surface area contributed by atoms with Gasteiger partial charge in [-0.15, -0.1) is 0 Å². The SMILES string of the molecule is COc1ccccc1CNS(=O)(=O)c1cc(N2C(=O)[C@@H](C)CS2(=O)=O)ccc1OC. The number of methoxy groups -OCH3 is 2. The van der Waals surface area contributed by atoms with E-state index in [-0.39, 0.29) is 28.6 Å². The zero-order valence-electron chi connectivity index (χ0n) is 16.7. The van der Waals surface area contributed by atoms with Crippen molar-refractivity contribution in [3.8, 4) is 11.5 Å². The molecule has 11 heteroatoms. The smallest absolute Gasteiger partial charge is 0.244 e. The minimum atomic E-state index is -4.11. The number of ether oxygens (including phenoxy) is 2. The number of hydrogen-bond acceptors (Lipinski definition) is 7. The molecule has 0 saturated carbocycles. The molecular formula is C19H22N2O7S2. The predicted octanol–water partition coefficient (Wildman–Crippen LogP) is 1.49. The normalized spacial score (nSPS) is 18.4. The average Bonchev–Trinajstić information content (AvgIpc) is 2.92. The first-order chi connectivity index (χ1) is 14.1. The lowest BCUT2D eigenvalue weighted by molar-refractivity contribution is -0.119. The van der Waals surface area contributed by atoms with Crippen molar-refractivity contribution in [2.45, 2.75) is 18.4 Å². The molecular weight excluding hydrogens is 432 g/mol. The summed E-state index contributed by atoms with van der Waals surface area (Å²) in [5, 5.41) is 0. The molecule has 30 heavy (non-hydrogen) atoms. The third kappa shape index (κ3) is 4.13. The fourth-order valence-corrected chi connectivity index (χ4v) is 6.19. The minimum Gasteiger partial charge on any atom is -0.496 e. The Kier molecular flexibility index (Phi) is 6.06. The van der Waals surface area contributed by atoms with Crippen LogP contribution in [0.25, 0.3) is 0 Å². The van der Waals surface area contributed by atoms with E-state index < -0.39 is 31.9 Å². The molecule has 162 valence electrons. The number of nitrogens with one attached hydrogen (secondary N) is 1. The van der Waals surface area contributed by atoms with Gasteiger partial charge in [-0.1, -0.05) is 25.1 Å². The number of para-hydroxylation sites is 1. The van der Waals surface area contributed by atoms with Crippen LogP contribution in [-0.4, -0.2) is 42.7 Å². The number of carbonyl (C=O) groups is 1. The predicted molar refractivity (Wildman–Crippen MR) is 110 cm³/mol. The maximum atomic E-state index is 13.0. The molecule has 0 bridgehead atoms. The standard InChI is InChI=1S/C19H22N2O7S2/c1-13-12-29(23,24)21(19(13)22)15-8-9-17(28-3)18(10-15)30(25,26)20-11-14-6-4-5-7-16(14)27-2/h4-10,13,20H,11-12H2,1-3H3/t13-/m0/s1. The van der Waals surface area contributed by atoms with Crippen molar-refractivity contribution in [2.24, 2.45) is 5.92 Å². The highest BCUT2D eigenvalue weighted by atomic mass is 32.2. The van der Waals surface area contributed by atoms with Crippen molar-refractivity contribution in [3.05, 3.63) is 48.0 Å². The maximum absolute atomic E-state index is 13.0. The van der Waals surface area contributed by atoms with Gasteiger partial charge >= 0.3 is 0 Å². The summed E-state index contributed by atoms with van der Waals surface area (Å²) in [5.41, 5.74) is 0.563. The zero-order chi connectivity index (χ0) is 22.1. The second-order valence-electron chi connectivity index (χ2n) is 6.75. The summed E-state index contributed by atoms with van der Waals surface area (Å²) in [4.78, 5) is 12.1. The molecule has 1 heterocycles. The molecule has 3 rings (SSSR count). The van der Waals surface area contributed by atoms with Gasteiger partial charge in [0.05, 0.1) is 31.6 Å². The molecule has 1 N–H and O–H groups in total. The second-order valence-corrected chi connectivity index (χ2v) is 10.4. The van der Waals surface area contributed by atoms with Gasteiger partial charge in [-0.05, 0) is 24.3 Å². The van der Waals surface area contributed by atoms with Crippen molar-refractivity contribution in [1.82, 2.24) is 4.72 Å². The van der Waals surface area contributed by atoms with Crippen molar-refractivity contribution < 1.29 is 31.1 Å². The average molecular weight is 455 g/mol. The number of sulfonamides is 2. The van der Waals surface area contributed by atoms with Gasteiger partial charge in [0.1, 0.15) is 16.4 Å². The third-order valence-electron chi connectivity index (χ3n) is 4.68. The minimum absolute atomic E-state index is 0.0170. The van der Waals surface area contributed by atoms with Crippen LogP contribution in [0.3, 0.4) is 0 Å². The lowest BCUT2D eigenvalue weighted by Gasteiger charge is -2.18. The van der Waals surface area contributed by atoms with Crippen LogP contribution in [0.15, 0.2) is 47.4 Å². The molecule has 2 aromatic rings. The summed E-state index contributed by atoms with van der Waals surface area (Å²) in [6.45, 7) is 1.45. The summed E-state index contributed by atoms with van der Waals surface area (Å²) in [6, 6.07) is 10.7. The van der Waals surface area contributed by atoms with Crippen LogP contribution in [0.1, 0.15) is 12.5 Å². The van der Waals surface area contributed by atoms with Crippen LogP contribution in [0.2, 0.25) is 0 Å². The Labute approximate surface area is 175 Å². The van der Waals surface area contributed by atoms with Crippen LogP contribution in [0.5, 0.6) is 11.5 Å². The van der Waals surface area contributed by atoms with E-state index in [1.165, 1.54) is 33.3 Å². The lowest BCUT2D eigenvalue weighted by atomic mass is 10.2. The molecule has 1 aliphatic rings. The number of anilines is 1. The molecule has 2 aromatic carbocycles. The number of hydrogen-bond donors (Lipinski definition) is 1. The largest absolute Gasteiger partial charge is 0.496 e. The van der Waals surface area contributed by atoms with Gasteiger partial charge in [0.25, 0.3) is 0 Å². The first-order valence-corrected chi connectivity index (χ1v) is 12.1. The fraction of sp³-hybridized carbons (Fsp3) is 0.316. The first kappa shape index (κ1) is 22.1.